The molecule has 0 saturated heterocycles. The molecule has 98 valence electrons. The Morgan fingerprint density at radius 2 is 1.06 bits per heavy atom. The van der Waals surface area contributed by atoms with Crippen molar-refractivity contribution in [3.05, 3.63) is 23.8 Å². The van der Waals surface area contributed by atoms with Crippen molar-refractivity contribution in [3.8, 4) is 0 Å². The Morgan fingerprint density at radius 1 is 0.778 bits per heavy atom. The normalized spacial score (nSPS) is 12.3. The number of carbonyl (C=O) groups is 2. The largest absolute Gasteiger partial charge is 0.292 e. The van der Waals surface area contributed by atoms with Crippen molar-refractivity contribution in [1.82, 2.24) is 9.97 Å². The van der Waals surface area contributed by atoms with Crippen LogP contribution in [0.25, 0.3) is 0 Å². The first kappa shape index (κ1) is 14.5. The van der Waals surface area contributed by atoms with Gasteiger partial charge in [-0.3, -0.25) is 9.59 Å². The van der Waals surface area contributed by atoms with Crippen LogP contribution in [-0.2, 0) is 0 Å². The van der Waals surface area contributed by atoms with E-state index in [4.69, 9.17) is 0 Å². The average Bonchev–Trinajstić information content (AvgIpc) is 2.25. The summed E-state index contributed by atoms with van der Waals surface area (Å²) in [5, 5.41) is 0. The molecule has 0 aliphatic rings. The predicted octanol–water partition coefficient (Wildman–Crippen LogP) is 2.93. The van der Waals surface area contributed by atoms with Crippen LogP contribution in [0.5, 0.6) is 0 Å². The van der Waals surface area contributed by atoms with Gasteiger partial charge in [0.2, 0.25) is 0 Å². The second-order valence-electron chi connectivity index (χ2n) is 6.45. The van der Waals surface area contributed by atoms with Gasteiger partial charge < -0.3 is 0 Å². The second kappa shape index (κ2) is 4.59. The van der Waals surface area contributed by atoms with Crippen molar-refractivity contribution in [2.24, 2.45) is 10.8 Å². The molecule has 0 aliphatic heterocycles. The number of aromatic nitrogens is 2. The highest BCUT2D eigenvalue weighted by molar-refractivity contribution is 6.00. The molecule has 0 atom stereocenters. The van der Waals surface area contributed by atoms with E-state index in [2.05, 4.69) is 9.97 Å². The van der Waals surface area contributed by atoms with Gasteiger partial charge in [-0.15, -0.1) is 0 Å². The van der Waals surface area contributed by atoms with Gasteiger partial charge in [0.1, 0.15) is 11.4 Å². The van der Waals surface area contributed by atoms with Crippen LogP contribution in [0, 0.1) is 10.8 Å². The third-order valence-electron chi connectivity index (χ3n) is 2.48. The van der Waals surface area contributed by atoms with Crippen LogP contribution < -0.4 is 0 Å². The topological polar surface area (TPSA) is 59.9 Å². The first-order chi connectivity index (χ1) is 8.03. The fraction of sp³-hybridized carbons (Fsp3) is 0.571. The van der Waals surface area contributed by atoms with E-state index >= 15 is 0 Å². The fourth-order valence-corrected chi connectivity index (χ4v) is 1.33. The Bertz CT molecular complexity index is 417. The molecule has 1 aromatic rings. The van der Waals surface area contributed by atoms with Gasteiger partial charge in [-0.1, -0.05) is 41.5 Å². The summed E-state index contributed by atoms with van der Waals surface area (Å²) >= 11 is 0. The van der Waals surface area contributed by atoms with Gasteiger partial charge in [0.25, 0.3) is 0 Å². The van der Waals surface area contributed by atoms with E-state index in [1.165, 1.54) is 12.4 Å². The molecule has 4 nitrogen and oxygen atoms in total. The molecule has 1 aromatic heterocycles. The molecule has 0 spiro atoms. The summed E-state index contributed by atoms with van der Waals surface area (Å²) in [7, 11) is 0. The number of rotatable bonds is 2. The number of carbonyl (C=O) groups excluding carboxylic acids is 2. The van der Waals surface area contributed by atoms with E-state index in [1.54, 1.807) is 0 Å². The van der Waals surface area contributed by atoms with Crippen LogP contribution in [0.1, 0.15) is 62.5 Å². The molecule has 0 radical (unpaired) electrons. The third-order valence-corrected chi connectivity index (χ3v) is 2.48. The first-order valence-corrected chi connectivity index (χ1v) is 5.95. The molecular formula is C14H20N2O2. The molecule has 0 aromatic carbocycles. The number of hydrogen-bond donors (Lipinski definition) is 0. The van der Waals surface area contributed by atoms with E-state index in [0.717, 1.165) is 0 Å². The summed E-state index contributed by atoms with van der Waals surface area (Å²) in [6.45, 7) is 10.9. The molecule has 0 fully saturated rings. The van der Waals surface area contributed by atoms with E-state index in [-0.39, 0.29) is 11.6 Å². The summed E-state index contributed by atoms with van der Waals surface area (Å²) in [5.41, 5.74) is -0.394. The van der Waals surface area contributed by atoms with Crippen LogP contribution in [0.2, 0.25) is 0 Å². The minimum absolute atomic E-state index is 0.0789. The quantitative estimate of drug-likeness (QED) is 0.755. The molecule has 4 heteroatoms. The maximum atomic E-state index is 12.0. The van der Waals surface area contributed by atoms with Crippen molar-refractivity contribution in [2.75, 3.05) is 0 Å². The Labute approximate surface area is 108 Å². The summed E-state index contributed by atoms with van der Waals surface area (Å²) in [4.78, 5) is 32.0. The molecule has 0 aliphatic carbocycles. The fourth-order valence-electron chi connectivity index (χ4n) is 1.33. The Kier molecular flexibility index (Phi) is 3.70. The van der Waals surface area contributed by atoms with Crippen LogP contribution in [0.15, 0.2) is 12.4 Å². The van der Waals surface area contributed by atoms with Crippen molar-refractivity contribution < 1.29 is 9.59 Å². The zero-order chi connectivity index (χ0) is 14.1. The minimum atomic E-state index is -0.496. The van der Waals surface area contributed by atoms with E-state index < -0.39 is 10.8 Å². The number of hydrogen-bond acceptors (Lipinski definition) is 4. The molecule has 0 bridgehead atoms. The van der Waals surface area contributed by atoms with Crippen molar-refractivity contribution in [1.29, 1.82) is 0 Å². The maximum Gasteiger partial charge on any atom is 0.188 e. The lowest BCUT2D eigenvalue weighted by molar-refractivity contribution is 0.0839. The minimum Gasteiger partial charge on any atom is -0.292 e. The van der Waals surface area contributed by atoms with Crippen molar-refractivity contribution >= 4 is 11.6 Å². The monoisotopic (exact) mass is 248 g/mol. The Hall–Kier alpha value is -1.58. The van der Waals surface area contributed by atoms with Crippen LogP contribution in [-0.4, -0.2) is 21.5 Å². The Balaban J connectivity index is 3.01. The molecule has 1 heterocycles. The lowest BCUT2D eigenvalue weighted by Gasteiger charge is -2.17. The first-order valence-electron chi connectivity index (χ1n) is 5.95. The lowest BCUT2D eigenvalue weighted by atomic mass is 9.88. The molecule has 1 rings (SSSR count). The van der Waals surface area contributed by atoms with Crippen molar-refractivity contribution in [2.45, 2.75) is 41.5 Å². The molecule has 18 heavy (non-hydrogen) atoms. The number of Topliss-reactive ketones (excluding diaryl/α,β-unsaturated/α-hetero) is 2. The molecule has 0 saturated carbocycles. The van der Waals surface area contributed by atoms with E-state index in [0.29, 0.717) is 11.4 Å². The van der Waals surface area contributed by atoms with Gasteiger partial charge >= 0.3 is 0 Å². The third kappa shape index (κ3) is 3.22. The lowest BCUT2D eigenvalue weighted by Crippen LogP contribution is -2.24. The zero-order valence-corrected chi connectivity index (χ0v) is 11.9. The highest BCUT2D eigenvalue weighted by Crippen LogP contribution is 2.21. The summed E-state index contributed by atoms with van der Waals surface area (Å²) in [6, 6.07) is 0. The zero-order valence-electron chi connectivity index (χ0n) is 11.9. The standard InChI is InChI=1S/C14H20N2O2/c1-13(2,3)11(17)9-7-16-10(8-15-9)12(18)14(4,5)6/h7-8H,1-6H3. The predicted molar refractivity (Wildman–Crippen MR) is 69.6 cm³/mol. The van der Waals surface area contributed by atoms with Crippen LogP contribution >= 0.6 is 0 Å². The summed E-state index contributed by atoms with van der Waals surface area (Å²) < 4.78 is 0. The summed E-state index contributed by atoms with van der Waals surface area (Å²) in [6.07, 6.45) is 2.76. The van der Waals surface area contributed by atoms with Gasteiger partial charge in [0, 0.05) is 10.8 Å². The van der Waals surface area contributed by atoms with Crippen molar-refractivity contribution in [3.63, 3.8) is 0 Å². The number of ketones is 2. The van der Waals surface area contributed by atoms with E-state index in [9.17, 15) is 9.59 Å². The van der Waals surface area contributed by atoms with Gasteiger partial charge in [0.15, 0.2) is 11.6 Å². The average molecular weight is 248 g/mol. The van der Waals surface area contributed by atoms with Gasteiger partial charge in [-0.25, -0.2) is 9.97 Å². The van der Waals surface area contributed by atoms with E-state index in [1.807, 2.05) is 41.5 Å². The van der Waals surface area contributed by atoms with Gasteiger partial charge in [0.05, 0.1) is 12.4 Å². The van der Waals surface area contributed by atoms with Gasteiger partial charge in [-0.2, -0.15) is 0 Å². The molecule has 0 N–H and O–H groups in total. The number of nitrogens with zero attached hydrogens (tertiary/aromatic N) is 2. The molecule has 0 amide bonds. The summed E-state index contributed by atoms with van der Waals surface area (Å²) in [5.74, 6) is -0.158. The van der Waals surface area contributed by atoms with Gasteiger partial charge in [-0.05, 0) is 0 Å². The SMILES string of the molecule is CC(C)(C)C(=O)c1cnc(C(=O)C(C)(C)C)cn1. The molecule has 0 unspecified atom stereocenters. The smallest absolute Gasteiger partial charge is 0.188 e. The molecular weight excluding hydrogens is 228 g/mol. The van der Waals surface area contributed by atoms with Crippen LogP contribution in [0.3, 0.4) is 0 Å². The Morgan fingerprint density at radius 3 is 1.22 bits per heavy atom. The maximum absolute atomic E-state index is 12.0. The highest BCUT2D eigenvalue weighted by Gasteiger charge is 2.27. The highest BCUT2D eigenvalue weighted by atomic mass is 16.1. The van der Waals surface area contributed by atoms with Crippen LogP contribution in [0.4, 0.5) is 0 Å². The second-order valence-corrected chi connectivity index (χ2v) is 6.45.